The van der Waals surface area contributed by atoms with Crippen molar-refractivity contribution < 1.29 is 4.79 Å². The Kier molecular flexibility index (Phi) is 2.65. The predicted octanol–water partition coefficient (Wildman–Crippen LogP) is 2.74. The van der Waals surface area contributed by atoms with E-state index in [0.29, 0.717) is 5.56 Å². The molecule has 1 aliphatic rings. The Morgan fingerprint density at radius 2 is 2.41 bits per heavy atom. The Labute approximate surface area is 103 Å². The molecule has 0 saturated carbocycles. The lowest BCUT2D eigenvalue weighted by atomic mass is 10.2. The van der Waals surface area contributed by atoms with Crippen LogP contribution in [-0.4, -0.2) is 16.9 Å². The zero-order valence-corrected chi connectivity index (χ0v) is 10.0. The molecule has 1 aromatic heterocycles. The van der Waals surface area contributed by atoms with Crippen molar-refractivity contribution in [3.05, 3.63) is 41.4 Å². The van der Waals surface area contributed by atoms with Gasteiger partial charge in [-0.25, -0.2) is 4.98 Å². The van der Waals surface area contributed by atoms with E-state index in [1.807, 2.05) is 18.2 Å². The highest BCUT2D eigenvalue weighted by Gasteiger charge is 2.14. The maximum absolute atomic E-state index is 12.0. The number of rotatable bonds is 2. The number of aromatic nitrogens is 1. The van der Waals surface area contributed by atoms with Crippen LogP contribution >= 0.6 is 11.3 Å². The average Bonchev–Trinajstić information content (AvgIpc) is 2.97. The summed E-state index contributed by atoms with van der Waals surface area (Å²) in [5.41, 5.74) is 3.46. The summed E-state index contributed by atoms with van der Waals surface area (Å²) in [7, 11) is 0. The molecule has 1 unspecified atom stereocenters. The number of carbonyl (C=O) groups excluding carboxylic acids is 1. The van der Waals surface area contributed by atoms with E-state index in [-0.39, 0.29) is 11.9 Å². The van der Waals surface area contributed by atoms with Crippen molar-refractivity contribution in [2.75, 3.05) is 0 Å². The van der Waals surface area contributed by atoms with Gasteiger partial charge in [0.2, 0.25) is 0 Å². The number of fused-ring (bicyclic) bond motifs is 1. The molecule has 3 nitrogen and oxygen atoms in total. The Morgan fingerprint density at radius 3 is 3.24 bits per heavy atom. The van der Waals surface area contributed by atoms with E-state index in [0.717, 1.165) is 23.1 Å². The van der Waals surface area contributed by atoms with Gasteiger partial charge in [0.15, 0.2) is 0 Å². The van der Waals surface area contributed by atoms with E-state index >= 15 is 0 Å². The molecule has 1 N–H and O–H groups in total. The van der Waals surface area contributed by atoms with Gasteiger partial charge in [-0.15, -0.1) is 11.3 Å². The van der Waals surface area contributed by atoms with Crippen LogP contribution in [0, 0.1) is 0 Å². The van der Waals surface area contributed by atoms with E-state index < -0.39 is 0 Å². The molecule has 2 aromatic rings. The summed E-state index contributed by atoms with van der Waals surface area (Å²) in [5, 5.41) is 3.01. The molecule has 0 spiro atoms. The number of benzene rings is 1. The van der Waals surface area contributed by atoms with E-state index in [1.165, 1.54) is 0 Å². The number of hydrogen-bond donors (Lipinski definition) is 1. The maximum Gasteiger partial charge on any atom is 0.251 e. The normalized spacial score (nSPS) is 18.7. The van der Waals surface area contributed by atoms with Crippen molar-refractivity contribution >= 4 is 27.5 Å². The lowest BCUT2D eigenvalue weighted by Crippen LogP contribution is -2.31. The van der Waals surface area contributed by atoms with Gasteiger partial charge in [-0.2, -0.15) is 0 Å². The fraction of sp³-hybridized carbons (Fsp3) is 0.231. The Bertz CT molecular complexity index is 588. The Balaban J connectivity index is 1.82. The standard InChI is InChI=1S/C13H12N2OS/c16-13(15-10-3-1-2-4-10)9-5-6-11-12(7-9)17-8-14-11/h1,3,5-8,10H,2,4H2,(H,15,16). The third-order valence-corrected chi connectivity index (χ3v) is 3.71. The van der Waals surface area contributed by atoms with E-state index in [4.69, 9.17) is 0 Å². The number of nitrogens with one attached hydrogen (secondary N) is 1. The van der Waals surface area contributed by atoms with Crippen molar-refractivity contribution in [1.29, 1.82) is 0 Å². The topological polar surface area (TPSA) is 42.0 Å². The average molecular weight is 244 g/mol. The van der Waals surface area contributed by atoms with E-state index in [9.17, 15) is 4.79 Å². The molecule has 0 bridgehead atoms. The van der Waals surface area contributed by atoms with Gasteiger partial charge in [0.1, 0.15) is 0 Å². The van der Waals surface area contributed by atoms with Crippen molar-refractivity contribution in [3.63, 3.8) is 0 Å². The first-order valence-electron chi connectivity index (χ1n) is 5.64. The van der Waals surface area contributed by atoms with Gasteiger partial charge in [-0.1, -0.05) is 12.2 Å². The fourth-order valence-corrected chi connectivity index (χ4v) is 2.72. The zero-order chi connectivity index (χ0) is 11.7. The molecule has 1 heterocycles. The maximum atomic E-state index is 12.0. The van der Waals surface area contributed by atoms with Gasteiger partial charge in [-0.3, -0.25) is 4.79 Å². The molecular formula is C13H12N2OS. The number of amides is 1. The summed E-state index contributed by atoms with van der Waals surface area (Å²) in [5.74, 6) is -0.00292. The minimum atomic E-state index is -0.00292. The third kappa shape index (κ3) is 2.08. The molecule has 1 amide bonds. The van der Waals surface area contributed by atoms with Crippen molar-refractivity contribution in [3.8, 4) is 0 Å². The molecule has 86 valence electrons. The van der Waals surface area contributed by atoms with Crippen LogP contribution in [-0.2, 0) is 0 Å². The van der Waals surface area contributed by atoms with Crippen molar-refractivity contribution in [2.45, 2.75) is 18.9 Å². The quantitative estimate of drug-likeness (QED) is 0.825. The first-order valence-corrected chi connectivity index (χ1v) is 6.52. The third-order valence-electron chi connectivity index (χ3n) is 2.92. The molecule has 3 rings (SSSR count). The second-order valence-corrected chi connectivity index (χ2v) is 5.01. The van der Waals surface area contributed by atoms with Crippen LogP contribution in [0.2, 0.25) is 0 Å². The van der Waals surface area contributed by atoms with Gasteiger partial charge in [0, 0.05) is 11.6 Å². The van der Waals surface area contributed by atoms with Gasteiger partial charge >= 0.3 is 0 Å². The number of allylic oxidation sites excluding steroid dienone is 1. The lowest BCUT2D eigenvalue weighted by molar-refractivity contribution is 0.0944. The summed E-state index contributed by atoms with van der Waals surface area (Å²) in [4.78, 5) is 16.2. The van der Waals surface area contributed by atoms with Crippen molar-refractivity contribution in [2.24, 2.45) is 0 Å². The second-order valence-electron chi connectivity index (χ2n) is 4.12. The molecule has 0 saturated heterocycles. The molecule has 1 aromatic carbocycles. The van der Waals surface area contributed by atoms with E-state index in [2.05, 4.69) is 22.5 Å². The monoisotopic (exact) mass is 244 g/mol. The minimum Gasteiger partial charge on any atom is -0.346 e. The van der Waals surface area contributed by atoms with Crippen LogP contribution in [0.15, 0.2) is 35.9 Å². The van der Waals surface area contributed by atoms with Gasteiger partial charge < -0.3 is 5.32 Å². The minimum absolute atomic E-state index is 0.00292. The summed E-state index contributed by atoms with van der Waals surface area (Å²) >= 11 is 1.56. The van der Waals surface area contributed by atoms with Crippen molar-refractivity contribution in [1.82, 2.24) is 10.3 Å². The molecule has 1 atom stereocenters. The highest BCUT2D eigenvalue weighted by molar-refractivity contribution is 7.16. The molecular weight excluding hydrogens is 232 g/mol. The predicted molar refractivity (Wildman–Crippen MR) is 69.2 cm³/mol. The summed E-state index contributed by atoms with van der Waals surface area (Å²) < 4.78 is 1.06. The highest BCUT2D eigenvalue weighted by Crippen LogP contribution is 2.19. The fourth-order valence-electron chi connectivity index (χ4n) is 2.00. The van der Waals surface area contributed by atoms with Gasteiger partial charge in [-0.05, 0) is 31.0 Å². The van der Waals surface area contributed by atoms with Gasteiger partial charge in [0.05, 0.1) is 15.7 Å². The zero-order valence-electron chi connectivity index (χ0n) is 9.22. The largest absolute Gasteiger partial charge is 0.346 e. The Morgan fingerprint density at radius 1 is 1.47 bits per heavy atom. The SMILES string of the molecule is O=C(NC1C=CCC1)c1ccc2ncsc2c1. The van der Waals surface area contributed by atoms with Gasteiger partial charge in [0.25, 0.3) is 5.91 Å². The molecule has 0 fully saturated rings. The van der Waals surface area contributed by atoms with Crippen LogP contribution < -0.4 is 5.32 Å². The summed E-state index contributed by atoms with van der Waals surface area (Å²) in [6.07, 6.45) is 6.23. The molecule has 0 radical (unpaired) electrons. The molecule has 1 aliphatic carbocycles. The van der Waals surface area contributed by atoms with Crippen LogP contribution in [0.25, 0.3) is 10.2 Å². The first-order chi connectivity index (χ1) is 8.33. The number of thiazole rings is 1. The Hall–Kier alpha value is -1.68. The van der Waals surface area contributed by atoms with Crippen LogP contribution in [0.3, 0.4) is 0 Å². The second kappa shape index (κ2) is 4.30. The molecule has 0 aliphatic heterocycles. The summed E-state index contributed by atoms with van der Waals surface area (Å²) in [6, 6.07) is 5.82. The number of nitrogens with zero attached hydrogens (tertiary/aromatic N) is 1. The van der Waals surface area contributed by atoms with Crippen LogP contribution in [0.4, 0.5) is 0 Å². The van der Waals surface area contributed by atoms with Crippen LogP contribution in [0.1, 0.15) is 23.2 Å². The lowest BCUT2D eigenvalue weighted by Gasteiger charge is -2.10. The smallest absolute Gasteiger partial charge is 0.251 e. The number of hydrogen-bond acceptors (Lipinski definition) is 3. The molecule has 17 heavy (non-hydrogen) atoms. The first kappa shape index (κ1) is 10.5. The molecule has 4 heteroatoms. The van der Waals surface area contributed by atoms with E-state index in [1.54, 1.807) is 16.8 Å². The number of carbonyl (C=O) groups is 1. The highest BCUT2D eigenvalue weighted by atomic mass is 32.1. The summed E-state index contributed by atoms with van der Waals surface area (Å²) in [6.45, 7) is 0. The van der Waals surface area contributed by atoms with Crippen LogP contribution in [0.5, 0.6) is 0 Å².